The number of nitrogens with one attached hydrogen (secondary N) is 1. The molecule has 1 heterocycles. The lowest BCUT2D eigenvalue weighted by Gasteiger charge is -2.10. The number of hydrogen-bond donors (Lipinski definition) is 1. The molecule has 0 aliphatic rings. The molecule has 0 bridgehead atoms. The lowest BCUT2D eigenvalue weighted by molar-refractivity contribution is -0.121. The van der Waals surface area contributed by atoms with Crippen LogP contribution in [0.1, 0.15) is 23.9 Å². The van der Waals surface area contributed by atoms with E-state index in [1.807, 2.05) is 47.0 Å². The van der Waals surface area contributed by atoms with Gasteiger partial charge in [-0.25, -0.2) is 4.98 Å². The van der Waals surface area contributed by atoms with E-state index in [0.717, 1.165) is 28.8 Å². The summed E-state index contributed by atoms with van der Waals surface area (Å²) >= 11 is 0. The SMILES string of the molecule is CCc1nc2ccccc2n1CC(=O)NCc1ccccc1C. The number of nitrogens with zero attached hydrogens (tertiary/aromatic N) is 2. The predicted octanol–water partition coefficient (Wildman–Crippen LogP) is 3.22. The first-order chi connectivity index (χ1) is 11.2. The molecular formula is C19H21N3O. The Balaban J connectivity index is 1.74. The number of carbonyl (C=O) groups excluding carboxylic acids is 1. The summed E-state index contributed by atoms with van der Waals surface area (Å²) in [5.74, 6) is 0.948. The van der Waals surface area contributed by atoms with Crippen LogP contribution in [-0.4, -0.2) is 15.5 Å². The van der Waals surface area contributed by atoms with Crippen LogP contribution in [0.15, 0.2) is 48.5 Å². The number of hydrogen-bond acceptors (Lipinski definition) is 2. The summed E-state index contributed by atoms with van der Waals surface area (Å²) < 4.78 is 2.00. The molecule has 1 aromatic heterocycles. The van der Waals surface area contributed by atoms with Crippen LogP contribution in [0.4, 0.5) is 0 Å². The normalized spacial score (nSPS) is 10.9. The summed E-state index contributed by atoms with van der Waals surface area (Å²) in [4.78, 5) is 16.9. The largest absolute Gasteiger partial charge is 0.350 e. The van der Waals surface area contributed by atoms with Crippen molar-refractivity contribution in [2.24, 2.45) is 0 Å². The molecule has 1 amide bonds. The van der Waals surface area contributed by atoms with E-state index in [1.165, 1.54) is 5.56 Å². The minimum absolute atomic E-state index is 0.00565. The van der Waals surface area contributed by atoms with Gasteiger partial charge in [0.2, 0.25) is 5.91 Å². The first-order valence-electron chi connectivity index (χ1n) is 7.94. The van der Waals surface area contributed by atoms with E-state index in [1.54, 1.807) is 0 Å². The molecule has 118 valence electrons. The molecular weight excluding hydrogens is 286 g/mol. The van der Waals surface area contributed by atoms with Gasteiger partial charge in [-0.3, -0.25) is 4.79 Å². The molecule has 0 spiro atoms. The highest BCUT2D eigenvalue weighted by atomic mass is 16.1. The van der Waals surface area contributed by atoms with Crippen LogP contribution in [-0.2, 0) is 24.3 Å². The standard InChI is InChI=1S/C19H21N3O/c1-3-18-21-16-10-6-7-11-17(16)22(18)13-19(23)20-12-15-9-5-4-8-14(15)2/h4-11H,3,12-13H2,1-2H3,(H,20,23). The lowest BCUT2D eigenvalue weighted by atomic mass is 10.1. The van der Waals surface area contributed by atoms with Crippen molar-refractivity contribution < 1.29 is 4.79 Å². The summed E-state index contributed by atoms with van der Waals surface area (Å²) in [5, 5.41) is 3.01. The molecule has 1 N–H and O–H groups in total. The third kappa shape index (κ3) is 3.26. The Morgan fingerprint density at radius 1 is 1.13 bits per heavy atom. The van der Waals surface area contributed by atoms with Crippen LogP contribution in [0.3, 0.4) is 0 Å². The molecule has 0 radical (unpaired) electrons. The van der Waals surface area contributed by atoms with Crippen molar-refractivity contribution in [3.8, 4) is 0 Å². The molecule has 3 rings (SSSR count). The van der Waals surface area contributed by atoms with Gasteiger partial charge in [0.1, 0.15) is 12.4 Å². The van der Waals surface area contributed by atoms with Gasteiger partial charge >= 0.3 is 0 Å². The highest BCUT2D eigenvalue weighted by Crippen LogP contribution is 2.16. The number of imidazole rings is 1. The van der Waals surface area contributed by atoms with Gasteiger partial charge in [-0.1, -0.05) is 43.3 Å². The monoisotopic (exact) mass is 307 g/mol. The van der Waals surface area contributed by atoms with E-state index >= 15 is 0 Å². The zero-order valence-electron chi connectivity index (χ0n) is 13.5. The first-order valence-corrected chi connectivity index (χ1v) is 7.94. The Bertz CT molecular complexity index is 836. The Kier molecular flexibility index (Phi) is 4.42. The molecule has 0 unspecified atom stereocenters. The zero-order valence-corrected chi connectivity index (χ0v) is 13.5. The van der Waals surface area contributed by atoms with Crippen molar-refractivity contribution in [2.45, 2.75) is 33.4 Å². The predicted molar refractivity (Wildman–Crippen MR) is 92.1 cm³/mol. The number of amides is 1. The molecule has 0 saturated heterocycles. The Morgan fingerprint density at radius 3 is 2.65 bits per heavy atom. The lowest BCUT2D eigenvalue weighted by Crippen LogP contribution is -2.28. The number of carbonyl (C=O) groups is 1. The average Bonchev–Trinajstić information content (AvgIpc) is 2.92. The molecule has 23 heavy (non-hydrogen) atoms. The van der Waals surface area contributed by atoms with Crippen molar-refractivity contribution in [3.63, 3.8) is 0 Å². The summed E-state index contributed by atoms with van der Waals surface area (Å²) in [6.45, 7) is 4.97. The number of rotatable bonds is 5. The van der Waals surface area contributed by atoms with E-state index in [2.05, 4.69) is 30.2 Å². The molecule has 0 saturated carbocycles. The fourth-order valence-electron chi connectivity index (χ4n) is 2.77. The van der Waals surface area contributed by atoms with Gasteiger partial charge in [0.25, 0.3) is 0 Å². The number of benzene rings is 2. The summed E-state index contributed by atoms with van der Waals surface area (Å²) in [7, 11) is 0. The van der Waals surface area contributed by atoms with Crippen LogP contribution in [0.2, 0.25) is 0 Å². The summed E-state index contributed by atoms with van der Waals surface area (Å²) in [6, 6.07) is 16.0. The van der Waals surface area contributed by atoms with Gasteiger partial charge in [0.15, 0.2) is 0 Å². The second kappa shape index (κ2) is 6.65. The number of fused-ring (bicyclic) bond motifs is 1. The molecule has 0 aliphatic heterocycles. The maximum atomic E-state index is 12.3. The quantitative estimate of drug-likeness (QED) is 0.786. The zero-order chi connectivity index (χ0) is 16.2. The molecule has 0 aliphatic carbocycles. The van der Waals surface area contributed by atoms with E-state index in [9.17, 15) is 4.79 Å². The van der Waals surface area contributed by atoms with Gasteiger partial charge < -0.3 is 9.88 Å². The minimum Gasteiger partial charge on any atom is -0.350 e. The van der Waals surface area contributed by atoms with Crippen LogP contribution < -0.4 is 5.32 Å². The number of aryl methyl sites for hydroxylation is 2. The van der Waals surface area contributed by atoms with Crippen LogP contribution >= 0.6 is 0 Å². The Morgan fingerprint density at radius 2 is 1.87 bits per heavy atom. The smallest absolute Gasteiger partial charge is 0.240 e. The first kappa shape index (κ1) is 15.3. The molecule has 3 aromatic rings. The third-order valence-electron chi connectivity index (χ3n) is 4.09. The maximum Gasteiger partial charge on any atom is 0.240 e. The van der Waals surface area contributed by atoms with Gasteiger partial charge in [-0.05, 0) is 30.2 Å². The topological polar surface area (TPSA) is 46.9 Å². The van der Waals surface area contributed by atoms with Gasteiger partial charge in [-0.15, -0.1) is 0 Å². The molecule has 2 aromatic carbocycles. The van der Waals surface area contributed by atoms with Crippen molar-refractivity contribution in [1.29, 1.82) is 0 Å². The third-order valence-corrected chi connectivity index (χ3v) is 4.09. The van der Waals surface area contributed by atoms with Crippen LogP contribution in [0.25, 0.3) is 11.0 Å². The second-order valence-electron chi connectivity index (χ2n) is 5.66. The molecule has 4 heteroatoms. The van der Waals surface area contributed by atoms with Crippen molar-refractivity contribution >= 4 is 16.9 Å². The summed E-state index contributed by atoms with van der Waals surface area (Å²) in [6.07, 6.45) is 0.805. The fourth-order valence-corrected chi connectivity index (χ4v) is 2.77. The molecule has 0 fully saturated rings. The van der Waals surface area contributed by atoms with E-state index in [0.29, 0.717) is 13.1 Å². The summed E-state index contributed by atoms with van der Waals surface area (Å²) in [5.41, 5.74) is 4.29. The molecule has 4 nitrogen and oxygen atoms in total. The van der Waals surface area contributed by atoms with Crippen molar-refractivity contribution in [2.75, 3.05) is 0 Å². The maximum absolute atomic E-state index is 12.3. The van der Waals surface area contributed by atoms with Crippen molar-refractivity contribution in [1.82, 2.24) is 14.9 Å². The van der Waals surface area contributed by atoms with Crippen LogP contribution in [0.5, 0.6) is 0 Å². The van der Waals surface area contributed by atoms with Gasteiger partial charge in [-0.2, -0.15) is 0 Å². The van der Waals surface area contributed by atoms with Gasteiger partial charge in [0, 0.05) is 13.0 Å². The Labute approximate surface area is 136 Å². The van der Waals surface area contributed by atoms with E-state index in [4.69, 9.17) is 0 Å². The van der Waals surface area contributed by atoms with Gasteiger partial charge in [0.05, 0.1) is 11.0 Å². The minimum atomic E-state index is 0.00565. The Hall–Kier alpha value is -2.62. The fraction of sp³-hybridized carbons (Fsp3) is 0.263. The van der Waals surface area contributed by atoms with E-state index in [-0.39, 0.29) is 5.91 Å². The van der Waals surface area contributed by atoms with E-state index < -0.39 is 0 Å². The number of aromatic nitrogens is 2. The number of para-hydroxylation sites is 2. The highest BCUT2D eigenvalue weighted by Gasteiger charge is 2.12. The average molecular weight is 307 g/mol. The van der Waals surface area contributed by atoms with Crippen molar-refractivity contribution in [3.05, 3.63) is 65.5 Å². The highest BCUT2D eigenvalue weighted by molar-refractivity contribution is 5.81. The van der Waals surface area contributed by atoms with Crippen LogP contribution in [0, 0.1) is 6.92 Å². The molecule has 0 atom stereocenters. The second-order valence-corrected chi connectivity index (χ2v) is 5.66.